The first kappa shape index (κ1) is 18.6. The zero-order chi connectivity index (χ0) is 18.6. The van der Waals surface area contributed by atoms with E-state index in [2.05, 4.69) is 29.5 Å². The number of halogens is 1. The summed E-state index contributed by atoms with van der Waals surface area (Å²) in [5, 5.41) is 19.4. The van der Waals surface area contributed by atoms with Crippen molar-refractivity contribution in [3.05, 3.63) is 56.4 Å². The molecule has 0 fully saturated rings. The third-order valence-corrected chi connectivity index (χ3v) is 3.73. The maximum absolute atomic E-state index is 12.0. The number of benzene rings is 1. The average Bonchev–Trinajstić information content (AvgIpc) is 2.81. The SMILES string of the molecule is Cc1nn(CC(C)C)c(Cl)c1/C=N\NC(=O)c1cccc([N+](=O)[O-])c1. The van der Waals surface area contributed by atoms with Gasteiger partial charge in [0.05, 0.1) is 22.4 Å². The summed E-state index contributed by atoms with van der Waals surface area (Å²) in [7, 11) is 0. The van der Waals surface area contributed by atoms with Crippen LogP contribution in [0.25, 0.3) is 0 Å². The van der Waals surface area contributed by atoms with E-state index in [-0.39, 0.29) is 11.3 Å². The summed E-state index contributed by atoms with van der Waals surface area (Å²) in [4.78, 5) is 22.2. The summed E-state index contributed by atoms with van der Waals surface area (Å²) in [5.41, 5.74) is 3.62. The molecule has 1 heterocycles. The van der Waals surface area contributed by atoms with Crippen LogP contribution in [-0.4, -0.2) is 26.8 Å². The van der Waals surface area contributed by atoms with Crippen molar-refractivity contribution in [2.45, 2.75) is 27.3 Å². The number of rotatable bonds is 6. The summed E-state index contributed by atoms with van der Waals surface area (Å²) in [5.74, 6) is -0.168. The van der Waals surface area contributed by atoms with Gasteiger partial charge in [-0.25, -0.2) is 5.43 Å². The fourth-order valence-electron chi connectivity index (χ4n) is 2.16. The van der Waals surface area contributed by atoms with E-state index in [1.807, 2.05) is 0 Å². The Morgan fingerprint density at radius 2 is 2.24 bits per heavy atom. The first-order valence-corrected chi connectivity index (χ1v) is 7.98. The van der Waals surface area contributed by atoms with Crippen LogP contribution in [0.2, 0.25) is 5.15 Å². The molecule has 0 aliphatic carbocycles. The van der Waals surface area contributed by atoms with E-state index in [1.54, 1.807) is 11.6 Å². The number of hydrazone groups is 1. The number of non-ortho nitro benzene ring substituents is 1. The fraction of sp³-hybridized carbons (Fsp3) is 0.312. The van der Waals surface area contributed by atoms with Gasteiger partial charge in [0, 0.05) is 24.2 Å². The van der Waals surface area contributed by atoms with Gasteiger partial charge >= 0.3 is 0 Å². The van der Waals surface area contributed by atoms with Crippen LogP contribution in [0.1, 0.15) is 35.5 Å². The molecule has 0 aliphatic rings. The fourth-order valence-corrected chi connectivity index (χ4v) is 2.45. The van der Waals surface area contributed by atoms with Gasteiger partial charge in [-0.05, 0) is 18.9 Å². The molecule has 2 aromatic rings. The summed E-state index contributed by atoms with van der Waals surface area (Å²) >= 11 is 6.28. The maximum Gasteiger partial charge on any atom is 0.271 e. The molecule has 0 atom stereocenters. The van der Waals surface area contributed by atoms with Gasteiger partial charge in [-0.2, -0.15) is 10.2 Å². The molecule has 0 saturated carbocycles. The molecule has 9 heteroatoms. The van der Waals surface area contributed by atoms with Crippen LogP contribution in [0, 0.1) is 23.0 Å². The number of carbonyl (C=O) groups is 1. The van der Waals surface area contributed by atoms with Crippen molar-refractivity contribution in [3.8, 4) is 0 Å². The smallest absolute Gasteiger partial charge is 0.267 e. The number of carbonyl (C=O) groups excluding carboxylic acids is 1. The second-order valence-corrected chi connectivity index (χ2v) is 6.23. The van der Waals surface area contributed by atoms with Crippen molar-refractivity contribution in [1.29, 1.82) is 0 Å². The first-order valence-electron chi connectivity index (χ1n) is 7.60. The number of nitro benzene ring substituents is 1. The summed E-state index contributed by atoms with van der Waals surface area (Å²) < 4.78 is 1.69. The van der Waals surface area contributed by atoms with Gasteiger partial charge in [0.1, 0.15) is 5.15 Å². The zero-order valence-electron chi connectivity index (χ0n) is 14.1. The largest absolute Gasteiger partial charge is 0.271 e. The zero-order valence-corrected chi connectivity index (χ0v) is 14.8. The molecule has 132 valence electrons. The monoisotopic (exact) mass is 363 g/mol. The lowest BCUT2D eigenvalue weighted by Gasteiger charge is -2.05. The number of hydrogen-bond acceptors (Lipinski definition) is 5. The molecule has 8 nitrogen and oxygen atoms in total. The second kappa shape index (κ2) is 7.89. The predicted molar refractivity (Wildman–Crippen MR) is 95.0 cm³/mol. The molecule has 0 saturated heterocycles. The number of aryl methyl sites for hydroxylation is 1. The van der Waals surface area contributed by atoms with E-state index in [1.165, 1.54) is 30.5 Å². The molecule has 0 aliphatic heterocycles. The van der Waals surface area contributed by atoms with Crippen LogP contribution >= 0.6 is 11.6 Å². The standard InChI is InChI=1S/C16H18ClN5O3/c1-10(2)9-21-15(17)14(11(3)20-21)8-18-19-16(23)12-5-4-6-13(7-12)22(24)25/h4-8,10H,9H2,1-3H3,(H,19,23)/b18-8-. The van der Waals surface area contributed by atoms with E-state index >= 15 is 0 Å². The average molecular weight is 364 g/mol. The molecule has 0 unspecified atom stereocenters. The molecule has 1 aromatic carbocycles. The molecular weight excluding hydrogens is 346 g/mol. The van der Waals surface area contributed by atoms with Gasteiger partial charge in [0.15, 0.2) is 0 Å². The van der Waals surface area contributed by atoms with E-state index in [0.29, 0.717) is 28.9 Å². The highest BCUT2D eigenvalue weighted by Crippen LogP contribution is 2.19. The minimum Gasteiger partial charge on any atom is -0.267 e. The van der Waals surface area contributed by atoms with Gasteiger partial charge in [-0.3, -0.25) is 19.6 Å². The molecule has 0 spiro atoms. The van der Waals surface area contributed by atoms with Crippen molar-refractivity contribution >= 4 is 29.4 Å². The van der Waals surface area contributed by atoms with Crippen LogP contribution < -0.4 is 5.43 Å². The van der Waals surface area contributed by atoms with Crippen molar-refractivity contribution in [1.82, 2.24) is 15.2 Å². The second-order valence-electron chi connectivity index (χ2n) is 5.87. The Bertz CT molecular complexity index is 829. The van der Waals surface area contributed by atoms with Gasteiger partial charge in [-0.15, -0.1) is 0 Å². The number of nitro groups is 1. The van der Waals surface area contributed by atoms with Gasteiger partial charge in [0.2, 0.25) is 0 Å². The maximum atomic E-state index is 12.0. The lowest BCUT2D eigenvalue weighted by Crippen LogP contribution is -2.17. The Balaban J connectivity index is 2.11. The first-order chi connectivity index (χ1) is 11.8. The summed E-state index contributed by atoms with van der Waals surface area (Å²) in [6.07, 6.45) is 1.41. The number of aromatic nitrogens is 2. The van der Waals surface area contributed by atoms with E-state index in [0.717, 1.165) is 0 Å². The molecule has 1 N–H and O–H groups in total. The Kier molecular flexibility index (Phi) is 5.87. The number of nitrogens with one attached hydrogen (secondary N) is 1. The number of nitrogens with zero attached hydrogens (tertiary/aromatic N) is 4. The molecule has 0 radical (unpaired) electrons. The lowest BCUT2D eigenvalue weighted by atomic mass is 10.2. The van der Waals surface area contributed by atoms with Crippen LogP contribution in [0.3, 0.4) is 0 Å². The highest BCUT2D eigenvalue weighted by atomic mass is 35.5. The third-order valence-electron chi connectivity index (χ3n) is 3.33. The summed E-state index contributed by atoms with van der Waals surface area (Å²) in [6.45, 7) is 6.58. The molecule has 25 heavy (non-hydrogen) atoms. The van der Waals surface area contributed by atoms with Gasteiger partial charge in [-0.1, -0.05) is 31.5 Å². The van der Waals surface area contributed by atoms with Crippen molar-refractivity contribution in [2.75, 3.05) is 0 Å². The highest BCUT2D eigenvalue weighted by Gasteiger charge is 2.13. The molecule has 1 aromatic heterocycles. The van der Waals surface area contributed by atoms with Gasteiger partial charge in [0.25, 0.3) is 11.6 Å². The van der Waals surface area contributed by atoms with Crippen LogP contribution in [-0.2, 0) is 6.54 Å². The van der Waals surface area contributed by atoms with Crippen molar-refractivity contribution in [2.24, 2.45) is 11.0 Å². The van der Waals surface area contributed by atoms with E-state index in [9.17, 15) is 14.9 Å². The van der Waals surface area contributed by atoms with Crippen LogP contribution in [0.5, 0.6) is 0 Å². The highest BCUT2D eigenvalue weighted by molar-refractivity contribution is 6.32. The molecule has 0 bridgehead atoms. The molecular formula is C16H18ClN5O3. The van der Waals surface area contributed by atoms with E-state index in [4.69, 9.17) is 11.6 Å². The minimum absolute atomic E-state index is 0.143. The Hall–Kier alpha value is -2.74. The Labute approximate surface area is 149 Å². The number of hydrogen-bond donors (Lipinski definition) is 1. The summed E-state index contributed by atoms with van der Waals surface area (Å²) in [6, 6.07) is 5.40. The predicted octanol–water partition coefficient (Wildman–Crippen LogP) is 3.17. The topological polar surface area (TPSA) is 102 Å². The van der Waals surface area contributed by atoms with Crippen molar-refractivity contribution in [3.63, 3.8) is 0 Å². The van der Waals surface area contributed by atoms with Gasteiger partial charge < -0.3 is 0 Å². The number of amides is 1. The molecule has 1 amide bonds. The quantitative estimate of drug-likeness (QED) is 0.483. The van der Waals surface area contributed by atoms with E-state index < -0.39 is 10.8 Å². The minimum atomic E-state index is -0.563. The normalized spacial score (nSPS) is 11.2. The lowest BCUT2D eigenvalue weighted by molar-refractivity contribution is -0.384. The van der Waals surface area contributed by atoms with Crippen molar-refractivity contribution < 1.29 is 9.72 Å². The molecule has 2 rings (SSSR count). The van der Waals surface area contributed by atoms with Crippen LogP contribution in [0.15, 0.2) is 29.4 Å². The third kappa shape index (κ3) is 4.63. The Morgan fingerprint density at radius 3 is 2.88 bits per heavy atom. The Morgan fingerprint density at radius 1 is 1.52 bits per heavy atom. The van der Waals surface area contributed by atoms with Crippen LogP contribution in [0.4, 0.5) is 5.69 Å².